The topological polar surface area (TPSA) is 99.9 Å². The molecule has 0 radical (unpaired) electrons. The number of carbonyl (C=O) groups excluding carboxylic acids is 1. The van der Waals surface area contributed by atoms with Gasteiger partial charge in [-0.05, 0) is 24.8 Å². The standard InChI is InChI=1S/C19H29N5O3.HI/c1-2-3-11-20-19(21-12-5-14-23-13-4-6-18(23)25)22-15-16-7-9-17(10-8-16)24(26)27;/h7-10H,2-6,11-15H2,1H3,(H2,20,21,22);1H. The molecule has 0 saturated carbocycles. The molecule has 9 heteroatoms. The second-order valence-electron chi connectivity index (χ2n) is 6.63. The summed E-state index contributed by atoms with van der Waals surface area (Å²) in [7, 11) is 0. The van der Waals surface area contributed by atoms with Crippen molar-refractivity contribution < 1.29 is 9.72 Å². The fourth-order valence-corrected chi connectivity index (χ4v) is 2.87. The van der Waals surface area contributed by atoms with Gasteiger partial charge >= 0.3 is 0 Å². The van der Waals surface area contributed by atoms with E-state index in [1.165, 1.54) is 12.1 Å². The van der Waals surface area contributed by atoms with E-state index in [0.717, 1.165) is 63.4 Å². The van der Waals surface area contributed by atoms with E-state index in [1.807, 2.05) is 4.90 Å². The first-order valence-electron chi connectivity index (χ1n) is 9.63. The molecule has 0 atom stereocenters. The van der Waals surface area contributed by atoms with Gasteiger partial charge in [-0.15, -0.1) is 24.0 Å². The Morgan fingerprint density at radius 3 is 2.46 bits per heavy atom. The lowest BCUT2D eigenvalue weighted by Gasteiger charge is -2.16. The smallest absolute Gasteiger partial charge is 0.269 e. The van der Waals surface area contributed by atoms with Gasteiger partial charge in [-0.3, -0.25) is 14.9 Å². The van der Waals surface area contributed by atoms with Crippen molar-refractivity contribution in [3.8, 4) is 0 Å². The Labute approximate surface area is 183 Å². The summed E-state index contributed by atoms with van der Waals surface area (Å²) in [5.74, 6) is 0.984. The molecule has 1 saturated heterocycles. The normalized spacial score (nSPS) is 14.0. The van der Waals surface area contributed by atoms with Gasteiger partial charge in [-0.25, -0.2) is 4.99 Å². The van der Waals surface area contributed by atoms with Gasteiger partial charge in [-0.2, -0.15) is 0 Å². The molecular weight excluding hydrogens is 473 g/mol. The summed E-state index contributed by atoms with van der Waals surface area (Å²) in [4.78, 5) is 28.4. The van der Waals surface area contributed by atoms with Gasteiger partial charge in [-0.1, -0.05) is 25.5 Å². The van der Waals surface area contributed by atoms with Crippen molar-refractivity contribution in [2.24, 2.45) is 4.99 Å². The molecule has 1 heterocycles. The number of unbranched alkanes of at least 4 members (excludes halogenated alkanes) is 1. The average Bonchev–Trinajstić information content (AvgIpc) is 3.08. The van der Waals surface area contributed by atoms with Gasteiger partial charge in [0.05, 0.1) is 11.5 Å². The summed E-state index contributed by atoms with van der Waals surface area (Å²) < 4.78 is 0. The summed E-state index contributed by atoms with van der Waals surface area (Å²) in [6.45, 7) is 5.81. The van der Waals surface area contributed by atoms with Crippen LogP contribution in [-0.4, -0.2) is 47.9 Å². The van der Waals surface area contributed by atoms with Crippen molar-refractivity contribution in [1.29, 1.82) is 0 Å². The molecule has 0 bridgehead atoms. The van der Waals surface area contributed by atoms with Crippen molar-refractivity contribution in [3.63, 3.8) is 0 Å². The lowest BCUT2D eigenvalue weighted by atomic mass is 10.2. The number of carbonyl (C=O) groups is 1. The highest BCUT2D eigenvalue weighted by atomic mass is 127. The van der Waals surface area contributed by atoms with Crippen molar-refractivity contribution in [3.05, 3.63) is 39.9 Å². The molecule has 1 aromatic rings. The number of nitro benzene ring substituents is 1. The Bertz CT molecular complexity index is 651. The van der Waals surface area contributed by atoms with Crippen molar-refractivity contribution in [1.82, 2.24) is 15.5 Å². The quantitative estimate of drug-likeness (QED) is 0.128. The molecule has 0 aromatic heterocycles. The maximum absolute atomic E-state index is 11.6. The van der Waals surface area contributed by atoms with Crippen molar-refractivity contribution in [2.75, 3.05) is 26.2 Å². The molecule has 1 aromatic carbocycles. The van der Waals surface area contributed by atoms with Crippen LogP contribution in [0.3, 0.4) is 0 Å². The van der Waals surface area contributed by atoms with E-state index < -0.39 is 4.92 Å². The number of benzene rings is 1. The molecule has 0 aliphatic carbocycles. The lowest BCUT2D eigenvalue weighted by molar-refractivity contribution is -0.384. The molecule has 2 N–H and O–H groups in total. The Morgan fingerprint density at radius 1 is 1.21 bits per heavy atom. The first-order chi connectivity index (χ1) is 13.1. The Balaban J connectivity index is 0.00000392. The lowest BCUT2D eigenvalue weighted by Crippen LogP contribution is -2.39. The number of hydrogen-bond acceptors (Lipinski definition) is 4. The number of nitro groups is 1. The molecule has 0 spiro atoms. The molecule has 0 unspecified atom stereocenters. The first-order valence-corrected chi connectivity index (χ1v) is 9.63. The predicted octanol–water partition coefficient (Wildman–Crippen LogP) is 3.06. The number of guanidine groups is 1. The molecule has 8 nitrogen and oxygen atoms in total. The number of hydrogen-bond donors (Lipinski definition) is 2. The van der Waals surface area contributed by atoms with Crippen LogP contribution in [0.25, 0.3) is 0 Å². The van der Waals surface area contributed by atoms with Crippen LogP contribution in [0, 0.1) is 10.1 Å². The Morgan fingerprint density at radius 2 is 1.89 bits per heavy atom. The number of amides is 1. The van der Waals surface area contributed by atoms with E-state index in [0.29, 0.717) is 13.0 Å². The number of nitrogens with zero attached hydrogens (tertiary/aromatic N) is 3. The molecule has 1 amide bonds. The van der Waals surface area contributed by atoms with Crippen LogP contribution in [0.2, 0.25) is 0 Å². The largest absolute Gasteiger partial charge is 0.356 e. The molecule has 1 aliphatic rings. The van der Waals surface area contributed by atoms with Gasteiger partial charge in [0.1, 0.15) is 0 Å². The van der Waals surface area contributed by atoms with Crippen molar-refractivity contribution >= 4 is 41.5 Å². The highest BCUT2D eigenvalue weighted by Crippen LogP contribution is 2.12. The Kier molecular flexibility index (Phi) is 11.5. The summed E-state index contributed by atoms with van der Waals surface area (Å²) in [5, 5.41) is 17.3. The van der Waals surface area contributed by atoms with E-state index in [1.54, 1.807) is 12.1 Å². The summed E-state index contributed by atoms with van der Waals surface area (Å²) >= 11 is 0. The maximum atomic E-state index is 11.6. The van der Waals surface area contributed by atoms with Gasteiger partial charge in [0.25, 0.3) is 5.69 Å². The van der Waals surface area contributed by atoms with Crippen LogP contribution in [0.4, 0.5) is 5.69 Å². The zero-order chi connectivity index (χ0) is 19.5. The number of likely N-dealkylation sites (tertiary alicyclic amines) is 1. The van der Waals surface area contributed by atoms with Crippen LogP contribution in [-0.2, 0) is 11.3 Å². The second-order valence-corrected chi connectivity index (χ2v) is 6.63. The third-order valence-electron chi connectivity index (χ3n) is 4.46. The maximum Gasteiger partial charge on any atom is 0.269 e. The third kappa shape index (κ3) is 8.41. The van der Waals surface area contributed by atoms with Crippen molar-refractivity contribution in [2.45, 2.75) is 45.6 Å². The van der Waals surface area contributed by atoms with E-state index in [9.17, 15) is 14.9 Å². The van der Waals surface area contributed by atoms with E-state index >= 15 is 0 Å². The third-order valence-corrected chi connectivity index (χ3v) is 4.46. The SMILES string of the molecule is CCCCNC(=NCc1ccc([N+](=O)[O-])cc1)NCCCN1CCCC1=O.I. The monoisotopic (exact) mass is 503 g/mol. The highest BCUT2D eigenvalue weighted by Gasteiger charge is 2.18. The van der Waals surface area contributed by atoms with E-state index in [2.05, 4.69) is 22.5 Å². The second kappa shape index (κ2) is 13.3. The average molecular weight is 503 g/mol. The number of non-ortho nitro benzene ring substituents is 1. The van der Waals surface area contributed by atoms with Gasteiger partial charge in [0.15, 0.2) is 5.96 Å². The Hall–Kier alpha value is -1.91. The van der Waals surface area contributed by atoms with Crippen LogP contribution in [0.1, 0.15) is 44.6 Å². The van der Waals surface area contributed by atoms with Crippen LogP contribution < -0.4 is 10.6 Å². The number of nitrogens with one attached hydrogen (secondary N) is 2. The fraction of sp³-hybridized carbons (Fsp3) is 0.579. The minimum absolute atomic E-state index is 0. The van der Waals surface area contributed by atoms with Crippen LogP contribution >= 0.6 is 24.0 Å². The van der Waals surface area contributed by atoms with Gasteiger partial charge in [0.2, 0.25) is 5.91 Å². The molecule has 156 valence electrons. The summed E-state index contributed by atoms with van der Waals surface area (Å²) in [6.07, 6.45) is 4.67. The van der Waals surface area contributed by atoms with Crippen LogP contribution in [0.15, 0.2) is 29.3 Å². The van der Waals surface area contributed by atoms with Gasteiger partial charge < -0.3 is 15.5 Å². The minimum atomic E-state index is -0.405. The predicted molar refractivity (Wildman–Crippen MR) is 121 cm³/mol. The van der Waals surface area contributed by atoms with Crippen LogP contribution in [0.5, 0.6) is 0 Å². The zero-order valence-corrected chi connectivity index (χ0v) is 18.7. The first kappa shape index (κ1) is 24.1. The van der Waals surface area contributed by atoms with E-state index in [4.69, 9.17) is 0 Å². The fourth-order valence-electron chi connectivity index (χ4n) is 2.87. The minimum Gasteiger partial charge on any atom is -0.356 e. The number of rotatable bonds is 10. The van der Waals surface area contributed by atoms with E-state index in [-0.39, 0.29) is 35.6 Å². The number of halogens is 1. The highest BCUT2D eigenvalue weighted by molar-refractivity contribution is 14.0. The van der Waals surface area contributed by atoms with Gasteiger partial charge in [0, 0.05) is 44.7 Å². The number of aliphatic imine (C=N–C) groups is 1. The molecule has 28 heavy (non-hydrogen) atoms. The molecule has 1 fully saturated rings. The molecule has 2 rings (SSSR count). The molecule has 1 aliphatic heterocycles. The molecular formula is C19H30IN5O3. The summed E-state index contributed by atoms with van der Waals surface area (Å²) in [6, 6.07) is 6.44. The summed E-state index contributed by atoms with van der Waals surface area (Å²) in [5.41, 5.74) is 0.999. The zero-order valence-electron chi connectivity index (χ0n) is 16.4.